The van der Waals surface area contributed by atoms with Gasteiger partial charge in [0.1, 0.15) is 5.75 Å². The number of methoxy groups -OCH3 is 1. The third-order valence-electron chi connectivity index (χ3n) is 4.21. The highest BCUT2D eigenvalue weighted by Crippen LogP contribution is 2.30. The fourth-order valence-corrected chi connectivity index (χ4v) is 3.06. The first-order chi connectivity index (χ1) is 10.8. The maximum Gasteiger partial charge on any atom is 0.122 e. The first kappa shape index (κ1) is 14.6. The lowest BCUT2D eigenvalue weighted by Crippen LogP contribution is -2.15. The predicted molar refractivity (Wildman–Crippen MR) is 92.4 cm³/mol. The molecule has 3 aromatic carbocycles. The molecule has 0 saturated carbocycles. The lowest BCUT2D eigenvalue weighted by atomic mass is 9.88. The molecule has 112 valence electrons. The Morgan fingerprint density at radius 1 is 0.909 bits per heavy atom. The zero-order chi connectivity index (χ0) is 15.4. The van der Waals surface area contributed by atoms with Crippen molar-refractivity contribution in [1.82, 2.24) is 0 Å². The van der Waals surface area contributed by atoms with Gasteiger partial charge in [0, 0.05) is 5.92 Å². The zero-order valence-corrected chi connectivity index (χ0v) is 12.8. The van der Waals surface area contributed by atoms with Gasteiger partial charge in [-0.15, -0.1) is 0 Å². The van der Waals surface area contributed by atoms with E-state index in [1.54, 1.807) is 7.11 Å². The molecule has 0 aliphatic heterocycles. The summed E-state index contributed by atoms with van der Waals surface area (Å²) in [5.74, 6) is 1.21. The molecular weight excluding hydrogens is 270 g/mol. The molecule has 1 unspecified atom stereocenters. The van der Waals surface area contributed by atoms with E-state index in [2.05, 4.69) is 54.6 Å². The monoisotopic (exact) mass is 291 g/mol. The maximum atomic E-state index is 6.09. The Balaban J connectivity index is 2.00. The average molecular weight is 291 g/mol. The van der Waals surface area contributed by atoms with Crippen molar-refractivity contribution in [2.45, 2.75) is 12.3 Å². The molecule has 0 bridgehead atoms. The van der Waals surface area contributed by atoms with Gasteiger partial charge >= 0.3 is 0 Å². The third kappa shape index (κ3) is 2.83. The Morgan fingerprint density at radius 3 is 2.45 bits per heavy atom. The van der Waals surface area contributed by atoms with E-state index in [0.29, 0.717) is 6.54 Å². The fourth-order valence-electron chi connectivity index (χ4n) is 3.06. The predicted octanol–water partition coefficient (Wildman–Crippen LogP) is 4.13. The molecule has 2 N–H and O–H groups in total. The number of hydrogen-bond acceptors (Lipinski definition) is 2. The Bertz CT molecular complexity index is 761. The third-order valence-corrected chi connectivity index (χ3v) is 4.21. The molecule has 0 heterocycles. The summed E-state index contributed by atoms with van der Waals surface area (Å²) >= 11 is 0. The molecule has 0 saturated heterocycles. The number of benzene rings is 3. The minimum atomic E-state index is 0.280. The van der Waals surface area contributed by atoms with Gasteiger partial charge in [0.05, 0.1) is 7.11 Å². The van der Waals surface area contributed by atoms with Crippen molar-refractivity contribution in [3.05, 3.63) is 77.9 Å². The van der Waals surface area contributed by atoms with Crippen molar-refractivity contribution in [1.29, 1.82) is 0 Å². The van der Waals surface area contributed by atoms with E-state index in [4.69, 9.17) is 10.5 Å². The Morgan fingerprint density at radius 2 is 1.64 bits per heavy atom. The van der Waals surface area contributed by atoms with Gasteiger partial charge in [0.2, 0.25) is 0 Å². The van der Waals surface area contributed by atoms with Gasteiger partial charge in [0.15, 0.2) is 0 Å². The molecule has 0 amide bonds. The standard InChI is InChI=1S/C20H21NO/c1-22-20-12-5-3-8-16(20)13-17(14-21)19-11-6-9-15-7-2-4-10-18(15)19/h2-12,17H,13-14,21H2,1H3. The number of hydrogen-bond donors (Lipinski definition) is 1. The van der Waals surface area contributed by atoms with Crippen LogP contribution in [-0.2, 0) is 6.42 Å². The van der Waals surface area contributed by atoms with Crippen LogP contribution in [0.25, 0.3) is 10.8 Å². The normalized spacial score (nSPS) is 12.3. The van der Waals surface area contributed by atoms with E-state index >= 15 is 0 Å². The molecule has 0 aliphatic rings. The first-order valence-corrected chi connectivity index (χ1v) is 7.63. The van der Waals surface area contributed by atoms with Crippen molar-refractivity contribution in [2.75, 3.05) is 13.7 Å². The Labute approximate surface area is 131 Å². The summed E-state index contributed by atoms with van der Waals surface area (Å²) in [6, 6.07) is 23.1. The molecule has 0 aromatic heterocycles. The van der Waals surface area contributed by atoms with E-state index in [1.165, 1.54) is 21.9 Å². The Hall–Kier alpha value is -2.32. The van der Waals surface area contributed by atoms with Crippen molar-refractivity contribution < 1.29 is 4.74 Å². The van der Waals surface area contributed by atoms with Gasteiger partial charge in [-0.3, -0.25) is 0 Å². The molecular formula is C20H21NO. The summed E-state index contributed by atoms with van der Waals surface area (Å²) in [6.45, 7) is 0.617. The molecule has 3 rings (SSSR count). The molecule has 2 nitrogen and oxygen atoms in total. The number of para-hydroxylation sites is 1. The van der Waals surface area contributed by atoms with Crippen molar-refractivity contribution in [2.24, 2.45) is 5.73 Å². The van der Waals surface area contributed by atoms with Gasteiger partial charge in [-0.1, -0.05) is 60.7 Å². The number of ether oxygens (including phenoxy) is 1. The van der Waals surface area contributed by atoms with Crippen LogP contribution in [0.1, 0.15) is 17.0 Å². The lowest BCUT2D eigenvalue weighted by Gasteiger charge is -2.19. The molecule has 22 heavy (non-hydrogen) atoms. The number of nitrogens with two attached hydrogens (primary N) is 1. The zero-order valence-electron chi connectivity index (χ0n) is 12.8. The van der Waals surface area contributed by atoms with Gasteiger partial charge in [-0.25, -0.2) is 0 Å². The summed E-state index contributed by atoms with van der Waals surface area (Å²) in [4.78, 5) is 0. The van der Waals surface area contributed by atoms with Crippen LogP contribution in [0.3, 0.4) is 0 Å². The van der Waals surface area contributed by atoms with E-state index in [-0.39, 0.29) is 5.92 Å². The molecule has 2 heteroatoms. The van der Waals surface area contributed by atoms with Crippen molar-refractivity contribution >= 4 is 10.8 Å². The van der Waals surface area contributed by atoms with Gasteiger partial charge < -0.3 is 10.5 Å². The van der Waals surface area contributed by atoms with Crippen LogP contribution in [0.15, 0.2) is 66.7 Å². The highest BCUT2D eigenvalue weighted by molar-refractivity contribution is 5.86. The maximum absolute atomic E-state index is 6.09. The molecule has 1 atom stereocenters. The van der Waals surface area contributed by atoms with Crippen LogP contribution >= 0.6 is 0 Å². The second-order valence-corrected chi connectivity index (χ2v) is 5.52. The van der Waals surface area contributed by atoms with Crippen LogP contribution < -0.4 is 10.5 Å². The van der Waals surface area contributed by atoms with E-state index in [9.17, 15) is 0 Å². The average Bonchev–Trinajstić information content (AvgIpc) is 2.59. The second kappa shape index (κ2) is 6.63. The summed E-state index contributed by atoms with van der Waals surface area (Å²) in [7, 11) is 1.72. The van der Waals surface area contributed by atoms with Gasteiger partial charge in [-0.2, -0.15) is 0 Å². The van der Waals surface area contributed by atoms with E-state index < -0.39 is 0 Å². The second-order valence-electron chi connectivity index (χ2n) is 5.52. The highest BCUT2D eigenvalue weighted by atomic mass is 16.5. The van der Waals surface area contributed by atoms with E-state index in [0.717, 1.165) is 12.2 Å². The summed E-state index contributed by atoms with van der Waals surface area (Å²) < 4.78 is 5.47. The molecule has 0 radical (unpaired) electrons. The summed E-state index contributed by atoms with van der Waals surface area (Å²) in [6.07, 6.45) is 0.883. The molecule has 0 aliphatic carbocycles. The largest absolute Gasteiger partial charge is 0.496 e. The Kier molecular flexibility index (Phi) is 4.40. The van der Waals surface area contributed by atoms with Gasteiger partial charge in [-0.05, 0) is 40.9 Å². The van der Waals surface area contributed by atoms with E-state index in [1.807, 2.05) is 12.1 Å². The van der Waals surface area contributed by atoms with Crippen LogP contribution in [0.2, 0.25) is 0 Å². The highest BCUT2D eigenvalue weighted by Gasteiger charge is 2.15. The molecule has 0 spiro atoms. The fraction of sp³-hybridized carbons (Fsp3) is 0.200. The lowest BCUT2D eigenvalue weighted by molar-refractivity contribution is 0.408. The van der Waals surface area contributed by atoms with Crippen LogP contribution in [0.5, 0.6) is 5.75 Å². The van der Waals surface area contributed by atoms with Crippen LogP contribution in [-0.4, -0.2) is 13.7 Å². The van der Waals surface area contributed by atoms with Crippen molar-refractivity contribution in [3.8, 4) is 5.75 Å². The van der Waals surface area contributed by atoms with Crippen LogP contribution in [0, 0.1) is 0 Å². The topological polar surface area (TPSA) is 35.2 Å². The number of fused-ring (bicyclic) bond motifs is 1. The van der Waals surface area contributed by atoms with Crippen LogP contribution in [0.4, 0.5) is 0 Å². The van der Waals surface area contributed by atoms with Gasteiger partial charge in [0.25, 0.3) is 0 Å². The minimum Gasteiger partial charge on any atom is -0.496 e. The number of rotatable bonds is 5. The summed E-state index contributed by atoms with van der Waals surface area (Å²) in [5.41, 5.74) is 8.61. The quantitative estimate of drug-likeness (QED) is 0.767. The van der Waals surface area contributed by atoms with Crippen molar-refractivity contribution in [3.63, 3.8) is 0 Å². The summed E-state index contributed by atoms with van der Waals surface area (Å²) in [5, 5.41) is 2.55. The first-order valence-electron chi connectivity index (χ1n) is 7.63. The SMILES string of the molecule is COc1ccccc1CC(CN)c1cccc2ccccc12. The molecule has 0 fully saturated rings. The smallest absolute Gasteiger partial charge is 0.122 e. The minimum absolute atomic E-state index is 0.280. The molecule has 3 aromatic rings.